The first-order chi connectivity index (χ1) is 12.4. The van der Waals surface area contributed by atoms with Crippen molar-refractivity contribution in [3.63, 3.8) is 0 Å². The number of amides is 1. The molecule has 144 valence electrons. The van der Waals surface area contributed by atoms with E-state index in [0.29, 0.717) is 12.0 Å². The number of carboxylic acids is 1. The summed E-state index contributed by atoms with van der Waals surface area (Å²) in [5.41, 5.74) is 0.675. The van der Waals surface area contributed by atoms with E-state index in [2.05, 4.69) is 12.2 Å². The summed E-state index contributed by atoms with van der Waals surface area (Å²) in [6.07, 6.45) is 6.56. The molecule has 1 amide bonds. The van der Waals surface area contributed by atoms with Gasteiger partial charge >= 0.3 is 5.97 Å². The van der Waals surface area contributed by atoms with Crippen molar-refractivity contribution in [2.24, 2.45) is 0 Å². The molecule has 0 aliphatic carbocycles. The van der Waals surface area contributed by atoms with Gasteiger partial charge in [-0.2, -0.15) is 0 Å². The molecule has 26 heavy (non-hydrogen) atoms. The van der Waals surface area contributed by atoms with E-state index < -0.39 is 17.9 Å². The van der Waals surface area contributed by atoms with Crippen molar-refractivity contribution in [1.29, 1.82) is 0 Å². The molecule has 0 aliphatic rings. The monoisotopic (exact) mass is 363 g/mol. The van der Waals surface area contributed by atoms with Crippen LogP contribution in [0.3, 0.4) is 0 Å². The Labute approximate surface area is 154 Å². The summed E-state index contributed by atoms with van der Waals surface area (Å²) in [6.45, 7) is 2.15. The SMILES string of the molecule is CCCCCCCCC(=O)CC(=O)N[C@@H](Cc1ccc(O)cc1)C(=O)O. The highest BCUT2D eigenvalue weighted by molar-refractivity contribution is 5.99. The predicted octanol–water partition coefficient (Wildman–Crippen LogP) is 3.21. The fourth-order valence-electron chi connectivity index (χ4n) is 2.68. The zero-order chi connectivity index (χ0) is 19.4. The largest absolute Gasteiger partial charge is 0.508 e. The molecule has 0 saturated carbocycles. The highest BCUT2D eigenvalue weighted by Gasteiger charge is 2.21. The van der Waals surface area contributed by atoms with Gasteiger partial charge in [0.25, 0.3) is 0 Å². The smallest absolute Gasteiger partial charge is 0.326 e. The van der Waals surface area contributed by atoms with E-state index in [4.69, 9.17) is 0 Å². The van der Waals surface area contributed by atoms with Crippen LogP contribution in [0.15, 0.2) is 24.3 Å². The van der Waals surface area contributed by atoms with Gasteiger partial charge in [-0.1, -0.05) is 51.2 Å². The number of phenols is 1. The lowest BCUT2D eigenvalue weighted by molar-refractivity contribution is -0.142. The highest BCUT2D eigenvalue weighted by Crippen LogP contribution is 2.12. The zero-order valence-electron chi connectivity index (χ0n) is 15.4. The van der Waals surface area contributed by atoms with E-state index in [0.717, 1.165) is 19.3 Å². The number of carbonyl (C=O) groups is 3. The van der Waals surface area contributed by atoms with Gasteiger partial charge < -0.3 is 15.5 Å². The topological polar surface area (TPSA) is 104 Å². The third-order valence-corrected chi connectivity index (χ3v) is 4.18. The van der Waals surface area contributed by atoms with Gasteiger partial charge in [-0.15, -0.1) is 0 Å². The zero-order valence-corrected chi connectivity index (χ0v) is 15.4. The van der Waals surface area contributed by atoms with Crippen LogP contribution < -0.4 is 5.32 Å². The summed E-state index contributed by atoms with van der Waals surface area (Å²) in [7, 11) is 0. The lowest BCUT2D eigenvalue weighted by Crippen LogP contribution is -2.42. The molecule has 0 fully saturated rings. The Balaban J connectivity index is 2.36. The second-order valence-corrected chi connectivity index (χ2v) is 6.56. The molecule has 0 heterocycles. The molecular weight excluding hydrogens is 334 g/mol. The third-order valence-electron chi connectivity index (χ3n) is 4.18. The van der Waals surface area contributed by atoms with E-state index in [9.17, 15) is 24.6 Å². The van der Waals surface area contributed by atoms with Crippen LogP contribution in [0.4, 0.5) is 0 Å². The fraction of sp³-hybridized carbons (Fsp3) is 0.550. The van der Waals surface area contributed by atoms with Crippen LogP contribution in [-0.2, 0) is 20.8 Å². The Morgan fingerprint density at radius 2 is 1.62 bits per heavy atom. The summed E-state index contributed by atoms with van der Waals surface area (Å²) < 4.78 is 0. The molecule has 1 rings (SSSR count). The number of nitrogens with one attached hydrogen (secondary N) is 1. The fourth-order valence-corrected chi connectivity index (χ4v) is 2.68. The number of unbranched alkanes of at least 4 members (excludes halogenated alkanes) is 5. The Hall–Kier alpha value is -2.37. The van der Waals surface area contributed by atoms with E-state index in [1.54, 1.807) is 12.1 Å². The summed E-state index contributed by atoms with van der Waals surface area (Å²) >= 11 is 0. The van der Waals surface area contributed by atoms with Crippen LogP contribution in [0.1, 0.15) is 63.9 Å². The number of carbonyl (C=O) groups excluding carboxylic acids is 2. The van der Waals surface area contributed by atoms with E-state index in [1.165, 1.54) is 31.4 Å². The van der Waals surface area contributed by atoms with Crippen molar-refractivity contribution in [3.8, 4) is 5.75 Å². The van der Waals surface area contributed by atoms with Gasteiger partial charge in [0.1, 0.15) is 17.6 Å². The van der Waals surface area contributed by atoms with Gasteiger partial charge in [0.2, 0.25) is 5.91 Å². The van der Waals surface area contributed by atoms with E-state index in [-0.39, 0.29) is 24.4 Å². The van der Waals surface area contributed by atoms with Gasteiger partial charge in [0.15, 0.2) is 0 Å². The third kappa shape index (κ3) is 9.20. The summed E-state index contributed by atoms with van der Waals surface area (Å²) in [5, 5.41) is 20.9. The second kappa shape index (κ2) is 12.1. The molecule has 6 nitrogen and oxygen atoms in total. The van der Waals surface area contributed by atoms with Crippen molar-refractivity contribution < 1.29 is 24.6 Å². The molecule has 0 saturated heterocycles. The van der Waals surface area contributed by atoms with Crippen molar-refractivity contribution in [2.45, 2.75) is 70.8 Å². The van der Waals surface area contributed by atoms with Gasteiger partial charge in [-0.3, -0.25) is 9.59 Å². The van der Waals surface area contributed by atoms with E-state index in [1.807, 2.05) is 0 Å². The van der Waals surface area contributed by atoms with Crippen molar-refractivity contribution in [2.75, 3.05) is 0 Å². The molecule has 0 radical (unpaired) electrons. The minimum absolute atomic E-state index is 0.0879. The molecule has 1 aromatic carbocycles. The molecule has 0 aromatic heterocycles. The average Bonchev–Trinajstić information content (AvgIpc) is 2.59. The first-order valence-electron chi connectivity index (χ1n) is 9.24. The van der Waals surface area contributed by atoms with Crippen molar-refractivity contribution in [3.05, 3.63) is 29.8 Å². The number of aromatic hydroxyl groups is 1. The Bertz CT molecular complexity index is 582. The number of hydrogen-bond donors (Lipinski definition) is 3. The maximum Gasteiger partial charge on any atom is 0.326 e. The van der Waals surface area contributed by atoms with Crippen LogP contribution in [0, 0.1) is 0 Å². The van der Waals surface area contributed by atoms with Crippen LogP contribution in [-0.4, -0.2) is 33.9 Å². The molecule has 3 N–H and O–H groups in total. The number of ketones is 1. The number of hydrogen-bond acceptors (Lipinski definition) is 4. The van der Waals surface area contributed by atoms with Crippen LogP contribution in [0.5, 0.6) is 5.75 Å². The molecule has 1 aromatic rings. The maximum atomic E-state index is 12.0. The summed E-state index contributed by atoms with van der Waals surface area (Å²) in [6, 6.07) is 5.01. The lowest BCUT2D eigenvalue weighted by atomic mass is 10.0. The minimum Gasteiger partial charge on any atom is -0.508 e. The summed E-state index contributed by atoms with van der Waals surface area (Å²) in [4.78, 5) is 35.1. The van der Waals surface area contributed by atoms with Gasteiger partial charge in [0.05, 0.1) is 6.42 Å². The summed E-state index contributed by atoms with van der Waals surface area (Å²) in [5.74, 6) is -1.79. The Kier molecular flexibility index (Phi) is 10.1. The van der Waals surface area contributed by atoms with Crippen LogP contribution in [0.25, 0.3) is 0 Å². The van der Waals surface area contributed by atoms with Gasteiger partial charge in [-0.05, 0) is 24.1 Å². The maximum absolute atomic E-state index is 12.0. The predicted molar refractivity (Wildman–Crippen MR) is 99.0 cm³/mol. The quantitative estimate of drug-likeness (QED) is 0.369. The number of benzene rings is 1. The molecule has 0 aliphatic heterocycles. The molecular formula is C20H29NO5. The number of aliphatic carboxylic acids is 1. The van der Waals surface area contributed by atoms with E-state index >= 15 is 0 Å². The van der Waals surface area contributed by atoms with Gasteiger partial charge in [0, 0.05) is 12.8 Å². The van der Waals surface area contributed by atoms with Crippen molar-refractivity contribution in [1.82, 2.24) is 5.32 Å². The highest BCUT2D eigenvalue weighted by atomic mass is 16.4. The number of phenolic OH excluding ortho intramolecular Hbond substituents is 1. The average molecular weight is 363 g/mol. The molecule has 1 atom stereocenters. The van der Waals surface area contributed by atoms with Crippen LogP contribution >= 0.6 is 0 Å². The molecule has 6 heteroatoms. The number of rotatable bonds is 13. The lowest BCUT2D eigenvalue weighted by Gasteiger charge is -2.14. The number of Topliss-reactive ketones (excluding diaryl/α,β-unsaturated/α-hetero) is 1. The molecule has 0 spiro atoms. The Morgan fingerprint density at radius 1 is 1.00 bits per heavy atom. The van der Waals surface area contributed by atoms with Crippen LogP contribution in [0.2, 0.25) is 0 Å². The first kappa shape index (κ1) is 21.7. The normalized spacial score (nSPS) is 11.7. The number of carboxylic acid groups (broad SMARTS) is 1. The molecule has 0 unspecified atom stereocenters. The second-order valence-electron chi connectivity index (χ2n) is 6.56. The standard InChI is InChI=1S/C20H29NO5/c1-2-3-4-5-6-7-8-17(23)14-19(24)21-18(20(25)26)13-15-9-11-16(22)12-10-15/h9-12,18,22H,2-8,13-14H2,1H3,(H,21,24)(H,25,26)/t18-/m0/s1. The van der Waals surface area contributed by atoms with Gasteiger partial charge in [-0.25, -0.2) is 4.79 Å². The first-order valence-corrected chi connectivity index (χ1v) is 9.24. The van der Waals surface area contributed by atoms with Crippen molar-refractivity contribution >= 4 is 17.7 Å². The minimum atomic E-state index is -1.16. The molecule has 0 bridgehead atoms. The Morgan fingerprint density at radius 3 is 2.23 bits per heavy atom.